The van der Waals surface area contributed by atoms with Gasteiger partial charge >= 0.3 is 6.03 Å². The average Bonchev–Trinajstić information content (AvgIpc) is 2.68. The summed E-state index contributed by atoms with van der Waals surface area (Å²) in [4.78, 5) is 25.7. The normalized spacial score (nSPS) is 17.6. The van der Waals surface area contributed by atoms with E-state index in [1.165, 1.54) is 32.1 Å². The molecule has 0 aromatic carbocycles. The van der Waals surface area contributed by atoms with Crippen molar-refractivity contribution in [1.82, 2.24) is 10.2 Å². The van der Waals surface area contributed by atoms with Gasteiger partial charge in [0.15, 0.2) is 0 Å². The van der Waals surface area contributed by atoms with E-state index < -0.39 is 5.54 Å². The Kier molecular flexibility index (Phi) is 7.03. The van der Waals surface area contributed by atoms with E-state index in [4.69, 9.17) is 0 Å². The third-order valence-electron chi connectivity index (χ3n) is 4.56. The number of urea groups is 1. The van der Waals surface area contributed by atoms with Crippen LogP contribution in [0.5, 0.6) is 0 Å². The number of nitrogens with zero attached hydrogens (tertiary/aromatic N) is 1. The van der Waals surface area contributed by atoms with Gasteiger partial charge in [0, 0.05) is 6.54 Å². The molecule has 1 aliphatic rings. The van der Waals surface area contributed by atoms with Crippen molar-refractivity contribution < 1.29 is 9.59 Å². The van der Waals surface area contributed by atoms with Gasteiger partial charge < -0.3 is 4.90 Å². The zero-order valence-electron chi connectivity index (χ0n) is 13.3. The molecule has 4 heteroatoms. The second-order valence-electron chi connectivity index (χ2n) is 5.77. The zero-order chi connectivity index (χ0) is 15.0. The maximum atomic E-state index is 12.0. The molecule has 20 heavy (non-hydrogen) atoms. The molecule has 1 heterocycles. The van der Waals surface area contributed by atoms with Gasteiger partial charge in [-0.05, 0) is 19.3 Å². The number of hydrogen-bond acceptors (Lipinski definition) is 2. The van der Waals surface area contributed by atoms with Crippen LogP contribution in [0.2, 0.25) is 0 Å². The maximum absolute atomic E-state index is 12.0. The summed E-state index contributed by atoms with van der Waals surface area (Å²) in [6.45, 7) is 6.89. The van der Waals surface area contributed by atoms with Gasteiger partial charge in [0.1, 0.15) is 5.54 Å². The SMILES string of the molecule is CCCCCCCCCN1C(=O)NC(=O)C1(CC)CC. The Balaban J connectivity index is 2.37. The van der Waals surface area contributed by atoms with Crippen LogP contribution in [-0.2, 0) is 4.79 Å². The Labute approximate surface area is 123 Å². The van der Waals surface area contributed by atoms with Crippen LogP contribution in [0, 0.1) is 0 Å². The second kappa shape index (κ2) is 8.28. The maximum Gasteiger partial charge on any atom is 0.325 e. The minimum atomic E-state index is -0.598. The standard InChI is InChI=1S/C16H30N2O2/c1-4-7-8-9-10-11-12-13-18-15(20)17-14(19)16(18,5-2)6-3/h4-13H2,1-3H3,(H,17,19,20). The lowest BCUT2D eigenvalue weighted by Gasteiger charge is -2.33. The fourth-order valence-electron chi connectivity index (χ4n) is 3.09. The van der Waals surface area contributed by atoms with Crippen LogP contribution < -0.4 is 5.32 Å². The molecule has 0 aromatic rings. The summed E-state index contributed by atoms with van der Waals surface area (Å²) in [5.74, 6) is -0.115. The Bertz CT molecular complexity index is 324. The summed E-state index contributed by atoms with van der Waals surface area (Å²) in [5.41, 5.74) is -0.598. The first-order valence-corrected chi connectivity index (χ1v) is 8.25. The molecule has 3 amide bonds. The first-order valence-electron chi connectivity index (χ1n) is 8.25. The van der Waals surface area contributed by atoms with Crippen molar-refractivity contribution in [3.63, 3.8) is 0 Å². The highest BCUT2D eigenvalue weighted by Gasteiger charge is 2.49. The number of nitrogens with one attached hydrogen (secondary N) is 1. The predicted octanol–water partition coefficient (Wildman–Crippen LogP) is 3.85. The molecule has 1 rings (SSSR count). The van der Waals surface area contributed by atoms with Crippen LogP contribution >= 0.6 is 0 Å². The summed E-state index contributed by atoms with van der Waals surface area (Å²) in [5, 5.41) is 2.48. The Hall–Kier alpha value is -1.06. The second-order valence-corrected chi connectivity index (χ2v) is 5.77. The van der Waals surface area contributed by atoms with Gasteiger partial charge in [0.25, 0.3) is 5.91 Å². The highest BCUT2D eigenvalue weighted by atomic mass is 16.2. The molecule has 0 radical (unpaired) electrons. The minimum absolute atomic E-state index is 0.115. The van der Waals surface area contributed by atoms with Crippen molar-refractivity contribution in [3.05, 3.63) is 0 Å². The molecule has 116 valence electrons. The Morgan fingerprint density at radius 2 is 1.45 bits per heavy atom. The first kappa shape index (κ1) is 17.0. The van der Waals surface area contributed by atoms with Crippen molar-refractivity contribution in [2.24, 2.45) is 0 Å². The van der Waals surface area contributed by atoms with Crippen LogP contribution in [0.15, 0.2) is 0 Å². The van der Waals surface area contributed by atoms with Crippen LogP contribution in [-0.4, -0.2) is 28.9 Å². The van der Waals surface area contributed by atoms with E-state index in [1.807, 2.05) is 13.8 Å². The zero-order valence-corrected chi connectivity index (χ0v) is 13.3. The van der Waals surface area contributed by atoms with Gasteiger partial charge in [-0.1, -0.05) is 59.3 Å². The fourth-order valence-corrected chi connectivity index (χ4v) is 3.09. The van der Waals surface area contributed by atoms with E-state index in [0.717, 1.165) is 12.8 Å². The lowest BCUT2D eigenvalue weighted by Crippen LogP contribution is -2.49. The number of amides is 3. The average molecular weight is 282 g/mol. The van der Waals surface area contributed by atoms with Crippen LogP contribution in [0.3, 0.4) is 0 Å². The van der Waals surface area contributed by atoms with Gasteiger partial charge in [-0.2, -0.15) is 0 Å². The number of hydrogen-bond donors (Lipinski definition) is 1. The molecule has 4 nitrogen and oxygen atoms in total. The van der Waals surface area contributed by atoms with Crippen LogP contribution in [0.1, 0.15) is 78.6 Å². The van der Waals surface area contributed by atoms with E-state index in [2.05, 4.69) is 12.2 Å². The van der Waals surface area contributed by atoms with Crippen molar-refractivity contribution in [3.8, 4) is 0 Å². The molecule has 0 saturated carbocycles. The smallest absolute Gasteiger partial charge is 0.310 e. The quantitative estimate of drug-likeness (QED) is 0.489. The Morgan fingerprint density at radius 1 is 0.900 bits per heavy atom. The molecule has 0 aliphatic carbocycles. The van der Waals surface area contributed by atoms with Crippen molar-refractivity contribution >= 4 is 11.9 Å². The molecule has 1 saturated heterocycles. The molecular formula is C16H30N2O2. The molecule has 0 unspecified atom stereocenters. The van der Waals surface area contributed by atoms with Crippen LogP contribution in [0.4, 0.5) is 4.79 Å². The number of imide groups is 1. The fraction of sp³-hybridized carbons (Fsp3) is 0.875. The molecular weight excluding hydrogens is 252 g/mol. The molecule has 0 bridgehead atoms. The van der Waals surface area contributed by atoms with Gasteiger partial charge in [-0.15, -0.1) is 0 Å². The third kappa shape index (κ3) is 3.74. The van der Waals surface area contributed by atoms with E-state index in [1.54, 1.807) is 4.90 Å². The minimum Gasteiger partial charge on any atom is -0.310 e. The topological polar surface area (TPSA) is 49.4 Å². The molecule has 1 N–H and O–H groups in total. The monoisotopic (exact) mass is 282 g/mol. The molecule has 0 spiro atoms. The van der Waals surface area contributed by atoms with Gasteiger partial charge in [0.05, 0.1) is 0 Å². The summed E-state index contributed by atoms with van der Waals surface area (Å²) in [6, 6.07) is -0.204. The van der Waals surface area contributed by atoms with E-state index >= 15 is 0 Å². The van der Waals surface area contributed by atoms with Gasteiger partial charge in [-0.25, -0.2) is 4.79 Å². The lowest BCUT2D eigenvalue weighted by molar-refractivity contribution is -0.127. The third-order valence-corrected chi connectivity index (χ3v) is 4.56. The van der Waals surface area contributed by atoms with Crippen molar-refractivity contribution in [2.45, 2.75) is 84.1 Å². The van der Waals surface area contributed by atoms with Crippen molar-refractivity contribution in [1.29, 1.82) is 0 Å². The number of rotatable bonds is 10. The summed E-state index contributed by atoms with van der Waals surface area (Å²) in [6.07, 6.45) is 9.94. The number of carbonyl (C=O) groups excluding carboxylic acids is 2. The van der Waals surface area contributed by atoms with Crippen molar-refractivity contribution in [2.75, 3.05) is 6.54 Å². The molecule has 0 atom stereocenters. The van der Waals surface area contributed by atoms with Gasteiger partial charge in [0.2, 0.25) is 0 Å². The Morgan fingerprint density at radius 3 is 2.00 bits per heavy atom. The number of unbranched alkanes of at least 4 members (excludes halogenated alkanes) is 6. The first-order chi connectivity index (χ1) is 9.62. The van der Waals surface area contributed by atoms with E-state index in [0.29, 0.717) is 19.4 Å². The molecule has 1 fully saturated rings. The largest absolute Gasteiger partial charge is 0.325 e. The highest BCUT2D eigenvalue weighted by molar-refractivity contribution is 6.06. The summed E-state index contributed by atoms with van der Waals surface area (Å²) < 4.78 is 0. The van der Waals surface area contributed by atoms with Crippen LogP contribution in [0.25, 0.3) is 0 Å². The molecule has 1 aliphatic heterocycles. The predicted molar refractivity (Wildman–Crippen MR) is 81.6 cm³/mol. The summed E-state index contributed by atoms with van der Waals surface area (Å²) in [7, 11) is 0. The van der Waals surface area contributed by atoms with E-state index in [9.17, 15) is 9.59 Å². The van der Waals surface area contributed by atoms with Gasteiger partial charge in [-0.3, -0.25) is 10.1 Å². The lowest BCUT2D eigenvalue weighted by atomic mass is 9.91. The number of carbonyl (C=O) groups is 2. The summed E-state index contributed by atoms with van der Waals surface area (Å²) >= 11 is 0. The highest BCUT2D eigenvalue weighted by Crippen LogP contribution is 2.29. The molecule has 0 aromatic heterocycles. The van der Waals surface area contributed by atoms with E-state index in [-0.39, 0.29) is 11.9 Å².